The molecule has 1 unspecified atom stereocenters. The van der Waals surface area contributed by atoms with Gasteiger partial charge in [0.05, 0.1) is 0 Å². The van der Waals surface area contributed by atoms with Crippen molar-refractivity contribution in [2.75, 3.05) is 13.1 Å². The Morgan fingerprint density at radius 2 is 1.90 bits per heavy atom. The van der Waals surface area contributed by atoms with Gasteiger partial charge in [-0.2, -0.15) is 0 Å². The molecule has 0 spiro atoms. The van der Waals surface area contributed by atoms with Gasteiger partial charge in [-0.05, 0) is 41.6 Å². The molecular weight excluding hydrogens is 244 g/mol. The number of fused-ring (bicyclic) bond motifs is 1. The minimum atomic E-state index is 0.264. The molecule has 2 heteroatoms. The molecule has 0 amide bonds. The molecule has 0 aliphatic heterocycles. The van der Waals surface area contributed by atoms with Crippen molar-refractivity contribution in [1.82, 2.24) is 5.32 Å². The lowest BCUT2D eigenvalue weighted by Gasteiger charge is -2.19. The normalized spacial score (nSPS) is 16.4. The van der Waals surface area contributed by atoms with Crippen molar-refractivity contribution >= 4 is 10.8 Å². The summed E-state index contributed by atoms with van der Waals surface area (Å²) in [6.45, 7) is 1.72. The van der Waals surface area contributed by atoms with Crippen LogP contribution in [-0.2, 0) is 0 Å². The molecule has 3 N–H and O–H groups in total. The molecule has 3 rings (SSSR count). The average molecular weight is 268 g/mol. The number of nitrogens with two attached hydrogens (primary N) is 1. The molecule has 1 fully saturated rings. The van der Waals surface area contributed by atoms with Gasteiger partial charge in [0.25, 0.3) is 0 Å². The van der Waals surface area contributed by atoms with Gasteiger partial charge in [-0.15, -0.1) is 0 Å². The second-order valence-electron chi connectivity index (χ2n) is 5.90. The van der Waals surface area contributed by atoms with Gasteiger partial charge in [0.2, 0.25) is 0 Å². The van der Waals surface area contributed by atoms with Crippen LogP contribution in [0.25, 0.3) is 10.8 Å². The summed E-state index contributed by atoms with van der Waals surface area (Å²) in [7, 11) is 0. The van der Waals surface area contributed by atoms with Crippen LogP contribution < -0.4 is 11.1 Å². The van der Waals surface area contributed by atoms with Crippen LogP contribution in [0.3, 0.4) is 0 Å². The second-order valence-corrected chi connectivity index (χ2v) is 5.90. The fourth-order valence-corrected chi connectivity index (χ4v) is 2.95. The number of benzene rings is 2. The largest absolute Gasteiger partial charge is 0.329 e. The Balaban J connectivity index is 1.69. The van der Waals surface area contributed by atoms with Crippen molar-refractivity contribution in [1.29, 1.82) is 0 Å². The van der Waals surface area contributed by atoms with Crippen LogP contribution in [-0.4, -0.2) is 13.1 Å². The molecule has 1 aliphatic rings. The number of hydrogen-bond acceptors (Lipinski definition) is 2. The summed E-state index contributed by atoms with van der Waals surface area (Å²) in [5.41, 5.74) is 7.32. The van der Waals surface area contributed by atoms with Gasteiger partial charge in [0.15, 0.2) is 0 Å². The monoisotopic (exact) mass is 268 g/mol. The van der Waals surface area contributed by atoms with Gasteiger partial charge in [-0.25, -0.2) is 0 Å². The molecule has 2 nitrogen and oxygen atoms in total. The zero-order chi connectivity index (χ0) is 13.8. The molecule has 0 aromatic heterocycles. The first kappa shape index (κ1) is 13.6. The Morgan fingerprint density at radius 3 is 2.70 bits per heavy atom. The SMILES string of the molecule is NCC(NCCCC1CC1)c1cccc2ccccc12. The van der Waals surface area contributed by atoms with E-state index in [0.29, 0.717) is 6.54 Å². The van der Waals surface area contributed by atoms with Crippen LogP contribution in [0.15, 0.2) is 42.5 Å². The van der Waals surface area contributed by atoms with E-state index in [1.165, 1.54) is 42.0 Å². The van der Waals surface area contributed by atoms with Gasteiger partial charge in [0.1, 0.15) is 0 Å². The summed E-state index contributed by atoms with van der Waals surface area (Å²) in [5.74, 6) is 1.02. The zero-order valence-corrected chi connectivity index (χ0v) is 12.0. The predicted molar refractivity (Wildman–Crippen MR) is 85.7 cm³/mol. The third-order valence-electron chi connectivity index (χ3n) is 4.31. The van der Waals surface area contributed by atoms with Crippen LogP contribution in [0.5, 0.6) is 0 Å². The van der Waals surface area contributed by atoms with Crippen LogP contribution >= 0.6 is 0 Å². The van der Waals surface area contributed by atoms with E-state index < -0.39 is 0 Å². The van der Waals surface area contributed by atoms with Gasteiger partial charge in [-0.1, -0.05) is 55.3 Å². The van der Waals surface area contributed by atoms with Crippen molar-refractivity contribution in [2.24, 2.45) is 11.7 Å². The number of hydrogen-bond donors (Lipinski definition) is 2. The van der Waals surface area contributed by atoms with Crippen LogP contribution in [0.2, 0.25) is 0 Å². The third kappa shape index (κ3) is 3.20. The summed E-state index contributed by atoms with van der Waals surface area (Å²) in [5, 5.41) is 6.25. The highest BCUT2D eigenvalue weighted by atomic mass is 14.9. The minimum absolute atomic E-state index is 0.264. The molecule has 0 bridgehead atoms. The van der Waals surface area contributed by atoms with Gasteiger partial charge in [-0.3, -0.25) is 0 Å². The summed E-state index contributed by atoms with van der Waals surface area (Å²) < 4.78 is 0. The highest BCUT2D eigenvalue weighted by Gasteiger charge is 2.20. The average Bonchev–Trinajstić information content (AvgIpc) is 3.31. The first-order valence-corrected chi connectivity index (χ1v) is 7.79. The zero-order valence-electron chi connectivity index (χ0n) is 12.0. The molecule has 2 aromatic carbocycles. The van der Waals surface area contributed by atoms with Crippen molar-refractivity contribution in [3.05, 3.63) is 48.0 Å². The molecule has 1 atom stereocenters. The van der Waals surface area contributed by atoms with E-state index in [0.717, 1.165) is 12.5 Å². The lowest BCUT2D eigenvalue weighted by molar-refractivity contribution is 0.514. The summed E-state index contributed by atoms with van der Waals surface area (Å²) in [6.07, 6.45) is 5.54. The molecule has 1 saturated carbocycles. The van der Waals surface area contributed by atoms with Crippen molar-refractivity contribution < 1.29 is 0 Å². The Labute approximate surface area is 121 Å². The third-order valence-corrected chi connectivity index (χ3v) is 4.31. The van der Waals surface area contributed by atoms with Crippen molar-refractivity contribution in [2.45, 2.75) is 31.7 Å². The quantitative estimate of drug-likeness (QED) is 0.753. The second kappa shape index (κ2) is 6.38. The smallest absolute Gasteiger partial charge is 0.0450 e. The van der Waals surface area contributed by atoms with E-state index in [9.17, 15) is 0 Å². The van der Waals surface area contributed by atoms with E-state index in [1.54, 1.807) is 0 Å². The Bertz CT molecular complexity index is 555. The molecule has 2 aromatic rings. The van der Waals surface area contributed by atoms with Crippen LogP contribution in [0.1, 0.15) is 37.3 Å². The highest BCUT2D eigenvalue weighted by molar-refractivity contribution is 5.86. The van der Waals surface area contributed by atoms with E-state index >= 15 is 0 Å². The lowest BCUT2D eigenvalue weighted by atomic mass is 9.98. The summed E-state index contributed by atoms with van der Waals surface area (Å²) in [6, 6.07) is 15.3. The lowest BCUT2D eigenvalue weighted by Crippen LogP contribution is -2.29. The number of rotatable bonds is 7. The van der Waals surface area contributed by atoms with Crippen LogP contribution in [0, 0.1) is 5.92 Å². The number of nitrogens with one attached hydrogen (secondary N) is 1. The molecule has 0 saturated heterocycles. The van der Waals surface area contributed by atoms with Gasteiger partial charge in [0, 0.05) is 12.6 Å². The molecule has 0 radical (unpaired) electrons. The fraction of sp³-hybridized carbons (Fsp3) is 0.444. The van der Waals surface area contributed by atoms with Gasteiger partial charge >= 0.3 is 0 Å². The first-order chi connectivity index (χ1) is 9.88. The van der Waals surface area contributed by atoms with Crippen molar-refractivity contribution in [3.63, 3.8) is 0 Å². The summed E-state index contributed by atoms with van der Waals surface area (Å²) in [4.78, 5) is 0. The van der Waals surface area contributed by atoms with Gasteiger partial charge < -0.3 is 11.1 Å². The Morgan fingerprint density at radius 1 is 1.10 bits per heavy atom. The molecule has 20 heavy (non-hydrogen) atoms. The van der Waals surface area contributed by atoms with E-state index in [-0.39, 0.29) is 6.04 Å². The highest BCUT2D eigenvalue weighted by Crippen LogP contribution is 2.33. The predicted octanol–water partition coefficient (Wildman–Crippen LogP) is 3.62. The van der Waals surface area contributed by atoms with E-state index in [1.807, 2.05) is 0 Å². The topological polar surface area (TPSA) is 38.0 Å². The van der Waals surface area contributed by atoms with E-state index in [4.69, 9.17) is 5.73 Å². The van der Waals surface area contributed by atoms with Crippen molar-refractivity contribution in [3.8, 4) is 0 Å². The molecule has 1 aliphatic carbocycles. The molecule has 106 valence electrons. The maximum atomic E-state index is 5.99. The fourth-order valence-electron chi connectivity index (χ4n) is 2.95. The standard InChI is InChI=1S/C18H24N2/c19-13-18(20-12-4-5-14-10-11-14)17-9-3-7-15-6-1-2-8-16(15)17/h1-3,6-9,14,18,20H,4-5,10-13,19H2. The molecule has 0 heterocycles. The van der Waals surface area contributed by atoms with E-state index in [2.05, 4.69) is 47.8 Å². The maximum Gasteiger partial charge on any atom is 0.0450 e. The first-order valence-electron chi connectivity index (χ1n) is 7.79. The summed E-state index contributed by atoms with van der Waals surface area (Å²) >= 11 is 0. The minimum Gasteiger partial charge on any atom is -0.329 e. The van der Waals surface area contributed by atoms with Crippen LogP contribution in [0.4, 0.5) is 0 Å². The molecular formula is C18H24N2. The Hall–Kier alpha value is -1.38. The Kier molecular flexibility index (Phi) is 4.34. The maximum absolute atomic E-state index is 5.99.